The molecule has 9 aromatic carbocycles. The number of nitrogens with one attached hydrogen (secondary N) is 1. The molecule has 0 spiro atoms. The summed E-state index contributed by atoms with van der Waals surface area (Å²) in [5.74, 6) is 1.52. The van der Waals surface area contributed by atoms with Crippen LogP contribution < -0.4 is 5.32 Å². The van der Waals surface area contributed by atoms with Crippen LogP contribution in [-0.2, 0) is 0 Å². The van der Waals surface area contributed by atoms with Gasteiger partial charge >= 0.3 is 0 Å². The van der Waals surface area contributed by atoms with Crippen LogP contribution >= 0.6 is 0 Å². The van der Waals surface area contributed by atoms with E-state index in [1.165, 1.54) is 26.9 Å². The SMILES string of the molecule is c1ccc(-n2c3cc4ccccc4cc3c3cccc(C4N=C(c5cccc6ccccc56)NC(c5cccc6oc7cc8ccccc8cc7c56)=N4)c32)cc1. The zero-order valence-electron chi connectivity index (χ0n) is 30.1. The summed E-state index contributed by atoms with van der Waals surface area (Å²) in [7, 11) is 0. The van der Waals surface area contributed by atoms with E-state index >= 15 is 0 Å². The fourth-order valence-corrected chi connectivity index (χ4v) is 8.84. The summed E-state index contributed by atoms with van der Waals surface area (Å²) in [6, 6.07) is 64.4. The van der Waals surface area contributed by atoms with Crippen molar-refractivity contribution in [2.24, 2.45) is 9.98 Å². The Morgan fingerprint density at radius 2 is 1.04 bits per heavy atom. The lowest BCUT2D eigenvalue weighted by atomic mass is 10.00. The van der Waals surface area contributed by atoms with Crippen molar-refractivity contribution in [3.05, 3.63) is 199 Å². The maximum atomic E-state index is 6.54. The van der Waals surface area contributed by atoms with E-state index in [2.05, 4.69) is 186 Å². The van der Waals surface area contributed by atoms with Crippen LogP contribution in [0.15, 0.2) is 196 Å². The molecule has 5 heteroatoms. The Morgan fingerprint density at radius 3 is 1.84 bits per heavy atom. The van der Waals surface area contributed by atoms with E-state index in [0.717, 1.165) is 83.2 Å². The molecule has 0 aliphatic carbocycles. The molecule has 262 valence electrons. The molecule has 11 aromatic rings. The van der Waals surface area contributed by atoms with E-state index in [-0.39, 0.29) is 0 Å². The van der Waals surface area contributed by atoms with Crippen LogP contribution in [0, 0.1) is 0 Å². The summed E-state index contributed by atoms with van der Waals surface area (Å²) in [6.45, 7) is 0. The first kappa shape index (κ1) is 30.9. The predicted molar refractivity (Wildman–Crippen MR) is 232 cm³/mol. The van der Waals surface area contributed by atoms with Crippen LogP contribution in [0.4, 0.5) is 0 Å². The summed E-state index contributed by atoms with van der Waals surface area (Å²) in [5.41, 5.74) is 8.03. The Bertz CT molecular complexity index is 3460. The molecule has 0 saturated carbocycles. The maximum absolute atomic E-state index is 6.54. The molecular formula is C51H32N4O. The summed E-state index contributed by atoms with van der Waals surface area (Å²) < 4.78 is 8.94. The van der Waals surface area contributed by atoms with Gasteiger partial charge < -0.3 is 14.3 Å². The van der Waals surface area contributed by atoms with Crippen molar-refractivity contribution < 1.29 is 4.42 Å². The quantitative estimate of drug-likeness (QED) is 0.197. The van der Waals surface area contributed by atoms with Crippen LogP contribution in [0.1, 0.15) is 22.9 Å². The van der Waals surface area contributed by atoms with Gasteiger partial charge in [0.2, 0.25) is 0 Å². The molecule has 1 unspecified atom stereocenters. The van der Waals surface area contributed by atoms with Gasteiger partial charge in [-0.05, 0) is 74.8 Å². The van der Waals surface area contributed by atoms with Crippen molar-refractivity contribution in [1.29, 1.82) is 0 Å². The number of aliphatic imine (C=N–C) groups is 2. The Balaban J connectivity index is 1.15. The third-order valence-corrected chi connectivity index (χ3v) is 11.4. The largest absolute Gasteiger partial charge is 0.456 e. The van der Waals surface area contributed by atoms with E-state index in [1.54, 1.807) is 0 Å². The third kappa shape index (κ3) is 4.67. The topological polar surface area (TPSA) is 54.8 Å². The molecule has 3 heterocycles. The number of hydrogen-bond donors (Lipinski definition) is 1. The number of benzene rings is 9. The normalized spacial score (nSPS) is 14.6. The Morgan fingerprint density at radius 1 is 0.446 bits per heavy atom. The first-order valence-corrected chi connectivity index (χ1v) is 19.0. The molecule has 0 saturated heterocycles. The van der Waals surface area contributed by atoms with Crippen LogP contribution in [0.25, 0.3) is 81.7 Å². The first-order valence-electron chi connectivity index (χ1n) is 19.0. The van der Waals surface area contributed by atoms with E-state index < -0.39 is 6.17 Å². The lowest BCUT2D eigenvalue weighted by molar-refractivity contribution is 0.669. The molecule has 0 fully saturated rings. The molecule has 12 rings (SSSR count). The van der Waals surface area contributed by atoms with E-state index in [1.807, 2.05) is 6.07 Å². The van der Waals surface area contributed by atoms with Crippen molar-refractivity contribution in [3.8, 4) is 5.69 Å². The maximum Gasteiger partial charge on any atom is 0.171 e. The second-order valence-corrected chi connectivity index (χ2v) is 14.6. The molecule has 0 amide bonds. The van der Waals surface area contributed by atoms with Gasteiger partial charge in [-0.15, -0.1) is 0 Å². The van der Waals surface area contributed by atoms with Gasteiger partial charge in [0.1, 0.15) is 22.8 Å². The monoisotopic (exact) mass is 716 g/mol. The van der Waals surface area contributed by atoms with Gasteiger partial charge in [-0.3, -0.25) is 0 Å². The second kappa shape index (κ2) is 12.0. The lowest BCUT2D eigenvalue weighted by Crippen LogP contribution is -2.36. The van der Waals surface area contributed by atoms with Crippen molar-refractivity contribution >= 4 is 87.7 Å². The number of rotatable bonds is 4. The first-order chi connectivity index (χ1) is 27.7. The number of fused-ring (bicyclic) bond motifs is 9. The van der Waals surface area contributed by atoms with Gasteiger partial charge in [0.25, 0.3) is 0 Å². The van der Waals surface area contributed by atoms with E-state index in [9.17, 15) is 0 Å². The van der Waals surface area contributed by atoms with E-state index in [4.69, 9.17) is 14.4 Å². The van der Waals surface area contributed by atoms with Gasteiger partial charge in [0.05, 0.1) is 11.0 Å². The molecule has 5 nitrogen and oxygen atoms in total. The fourth-order valence-electron chi connectivity index (χ4n) is 8.84. The van der Waals surface area contributed by atoms with Gasteiger partial charge in [-0.1, -0.05) is 140 Å². The number of amidine groups is 2. The van der Waals surface area contributed by atoms with Gasteiger partial charge in [0.15, 0.2) is 6.17 Å². The van der Waals surface area contributed by atoms with Crippen molar-refractivity contribution in [2.75, 3.05) is 0 Å². The molecule has 0 radical (unpaired) electrons. The minimum atomic E-state index is -0.556. The summed E-state index contributed by atoms with van der Waals surface area (Å²) in [5, 5.41) is 15.2. The van der Waals surface area contributed by atoms with Crippen LogP contribution in [0.3, 0.4) is 0 Å². The molecule has 1 atom stereocenters. The van der Waals surface area contributed by atoms with Crippen molar-refractivity contribution in [2.45, 2.75) is 6.17 Å². The highest BCUT2D eigenvalue weighted by Gasteiger charge is 2.27. The highest BCUT2D eigenvalue weighted by Crippen LogP contribution is 2.41. The third-order valence-electron chi connectivity index (χ3n) is 11.4. The molecule has 1 N–H and O–H groups in total. The zero-order valence-corrected chi connectivity index (χ0v) is 30.1. The van der Waals surface area contributed by atoms with Gasteiger partial charge in [-0.2, -0.15) is 0 Å². The number of hydrogen-bond acceptors (Lipinski definition) is 4. The second-order valence-electron chi connectivity index (χ2n) is 14.6. The molecule has 1 aliphatic heterocycles. The summed E-state index contributed by atoms with van der Waals surface area (Å²) in [4.78, 5) is 11.1. The molecule has 2 aromatic heterocycles. The highest BCUT2D eigenvalue weighted by atomic mass is 16.3. The number of aromatic nitrogens is 1. The Hall–Kier alpha value is -7.50. The zero-order chi connectivity index (χ0) is 36.7. The fraction of sp³-hybridized carbons (Fsp3) is 0.0196. The van der Waals surface area contributed by atoms with Crippen molar-refractivity contribution in [3.63, 3.8) is 0 Å². The Kier molecular flexibility index (Phi) is 6.63. The molecular weight excluding hydrogens is 685 g/mol. The molecule has 56 heavy (non-hydrogen) atoms. The molecule has 1 aliphatic rings. The predicted octanol–water partition coefficient (Wildman–Crippen LogP) is 12.6. The van der Waals surface area contributed by atoms with Crippen LogP contribution in [0.2, 0.25) is 0 Å². The number of nitrogens with zero attached hydrogens (tertiary/aromatic N) is 3. The minimum Gasteiger partial charge on any atom is -0.456 e. The van der Waals surface area contributed by atoms with Gasteiger partial charge in [0, 0.05) is 43.9 Å². The standard InChI is InChI=1S/C51H32N4O/c1-2-19-36(20-3-1)55-44-29-34-16-6-4-14-32(34)27-42(44)38-22-11-25-41(48(38)55)51-53-49(39-23-10-18-31-13-8-9-21-37(31)39)52-50(54-51)40-24-12-26-45-47(40)43-28-33-15-5-7-17-35(33)30-46(43)56-45/h1-30,51H,(H,52,53,54). The minimum absolute atomic E-state index is 0.556. The average Bonchev–Trinajstić information content (AvgIpc) is 3.79. The van der Waals surface area contributed by atoms with Crippen LogP contribution in [-0.4, -0.2) is 16.2 Å². The van der Waals surface area contributed by atoms with E-state index in [0.29, 0.717) is 0 Å². The number of furan rings is 1. The van der Waals surface area contributed by atoms with Crippen molar-refractivity contribution in [1.82, 2.24) is 9.88 Å². The highest BCUT2D eigenvalue weighted by molar-refractivity contribution is 6.26. The number of para-hydroxylation sites is 2. The smallest absolute Gasteiger partial charge is 0.171 e. The molecule has 0 bridgehead atoms. The average molecular weight is 717 g/mol. The summed E-state index contributed by atoms with van der Waals surface area (Å²) >= 11 is 0. The Labute approximate surface area is 321 Å². The lowest BCUT2D eigenvalue weighted by Gasteiger charge is -2.24. The van der Waals surface area contributed by atoms with Gasteiger partial charge in [-0.25, -0.2) is 9.98 Å². The summed E-state index contributed by atoms with van der Waals surface area (Å²) in [6.07, 6.45) is -0.556. The van der Waals surface area contributed by atoms with Crippen LogP contribution in [0.5, 0.6) is 0 Å².